The van der Waals surface area contributed by atoms with Crippen molar-refractivity contribution in [2.45, 2.75) is 31.6 Å². The first kappa shape index (κ1) is 22.0. The highest BCUT2D eigenvalue weighted by molar-refractivity contribution is 5.90. The summed E-state index contributed by atoms with van der Waals surface area (Å²) >= 11 is 0. The zero-order valence-corrected chi connectivity index (χ0v) is 17.2. The molecule has 30 heavy (non-hydrogen) atoms. The summed E-state index contributed by atoms with van der Waals surface area (Å²) < 4.78 is 40.3. The molecule has 0 bridgehead atoms. The number of nitrogens with one attached hydrogen (secondary N) is 2. The van der Waals surface area contributed by atoms with Gasteiger partial charge in [0.15, 0.2) is 0 Å². The Bertz CT molecular complexity index is 847. The average molecular weight is 420 g/mol. The van der Waals surface area contributed by atoms with Crippen molar-refractivity contribution in [1.82, 2.24) is 10.2 Å². The van der Waals surface area contributed by atoms with Gasteiger partial charge in [-0.25, -0.2) is 4.79 Å². The SMILES string of the molecule is CN(C)c1ccc(NC(=O)NC2CCN(Cc3ccccc3)CC2)c(C(F)(F)F)c1. The Balaban J connectivity index is 1.55. The zero-order chi connectivity index (χ0) is 21.7. The Morgan fingerprint density at radius 2 is 1.77 bits per heavy atom. The van der Waals surface area contributed by atoms with Crippen LogP contribution in [0.3, 0.4) is 0 Å². The van der Waals surface area contributed by atoms with Gasteiger partial charge in [-0.15, -0.1) is 0 Å². The van der Waals surface area contributed by atoms with Gasteiger partial charge in [0, 0.05) is 45.5 Å². The number of amides is 2. The Morgan fingerprint density at radius 3 is 2.37 bits per heavy atom. The number of urea groups is 1. The highest BCUT2D eigenvalue weighted by Gasteiger charge is 2.34. The molecule has 0 spiro atoms. The molecule has 1 saturated heterocycles. The molecule has 0 atom stereocenters. The van der Waals surface area contributed by atoms with E-state index in [1.165, 1.54) is 11.6 Å². The third-order valence-electron chi connectivity index (χ3n) is 5.24. The van der Waals surface area contributed by atoms with Crippen molar-refractivity contribution in [3.8, 4) is 0 Å². The summed E-state index contributed by atoms with van der Waals surface area (Å²) in [5, 5.41) is 5.19. The minimum atomic E-state index is -4.56. The second-order valence-corrected chi connectivity index (χ2v) is 7.76. The third-order valence-corrected chi connectivity index (χ3v) is 5.24. The van der Waals surface area contributed by atoms with Crippen molar-refractivity contribution in [1.29, 1.82) is 0 Å². The normalized spacial score (nSPS) is 15.6. The van der Waals surface area contributed by atoms with Gasteiger partial charge < -0.3 is 15.5 Å². The fourth-order valence-corrected chi connectivity index (χ4v) is 3.57. The van der Waals surface area contributed by atoms with E-state index in [-0.39, 0.29) is 11.7 Å². The van der Waals surface area contributed by atoms with Crippen LogP contribution in [0, 0.1) is 0 Å². The zero-order valence-electron chi connectivity index (χ0n) is 17.2. The highest BCUT2D eigenvalue weighted by atomic mass is 19.4. The van der Waals surface area contributed by atoms with E-state index < -0.39 is 17.8 Å². The van der Waals surface area contributed by atoms with Gasteiger partial charge in [-0.1, -0.05) is 30.3 Å². The summed E-state index contributed by atoms with van der Waals surface area (Å²) in [5.41, 5.74) is 0.551. The fraction of sp³-hybridized carbons (Fsp3) is 0.409. The smallest absolute Gasteiger partial charge is 0.378 e. The number of likely N-dealkylation sites (tertiary alicyclic amines) is 1. The van der Waals surface area contributed by atoms with E-state index in [4.69, 9.17) is 0 Å². The van der Waals surface area contributed by atoms with Gasteiger partial charge in [-0.2, -0.15) is 13.2 Å². The van der Waals surface area contributed by atoms with E-state index in [0.717, 1.165) is 38.5 Å². The van der Waals surface area contributed by atoms with Crippen LogP contribution >= 0.6 is 0 Å². The van der Waals surface area contributed by atoms with Crippen molar-refractivity contribution in [2.24, 2.45) is 0 Å². The molecule has 3 rings (SSSR count). The van der Waals surface area contributed by atoms with E-state index >= 15 is 0 Å². The lowest BCUT2D eigenvalue weighted by atomic mass is 10.0. The number of piperidine rings is 1. The van der Waals surface area contributed by atoms with Crippen LogP contribution in [-0.2, 0) is 12.7 Å². The van der Waals surface area contributed by atoms with E-state index in [1.54, 1.807) is 25.1 Å². The molecule has 2 aromatic rings. The molecule has 0 radical (unpaired) electrons. The predicted molar refractivity (Wildman–Crippen MR) is 113 cm³/mol. The fourth-order valence-electron chi connectivity index (χ4n) is 3.57. The quantitative estimate of drug-likeness (QED) is 0.746. The number of nitrogens with zero attached hydrogens (tertiary/aromatic N) is 2. The molecule has 1 aliphatic rings. The highest BCUT2D eigenvalue weighted by Crippen LogP contribution is 2.37. The van der Waals surface area contributed by atoms with Crippen LogP contribution in [0.2, 0.25) is 0 Å². The number of alkyl halides is 3. The summed E-state index contributed by atoms with van der Waals surface area (Å²) in [6.07, 6.45) is -3.05. The monoisotopic (exact) mass is 420 g/mol. The molecule has 2 amide bonds. The van der Waals surface area contributed by atoms with Crippen LogP contribution in [0.4, 0.5) is 29.3 Å². The van der Waals surface area contributed by atoms with Gasteiger partial charge in [0.05, 0.1) is 11.3 Å². The van der Waals surface area contributed by atoms with Crippen LogP contribution in [0.25, 0.3) is 0 Å². The molecule has 1 aliphatic heterocycles. The third kappa shape index (κ3) is 5.89. The van der Waals surface area contributed by atoms with Crippen LogP contribution in [0.1, 0.15) is 24.0 Å². The van der Waals surface area contributed by atoms with Crippen molar-refractivity contribution in [2.75, 3.05) is 37.4 Å². The molecular formula is C22H27F3N4O. The predicted octanol–water partition coefficient (Wildman–Crippen LogP) is 4.56. The maximum absolute atomic E-state index is 13.4. The van der Waals surface area contributed by atoms with E-state index in [1.807, 2.05) is 18.2 Å². The minimum Gasteiger partial charge on any atom is -0.378 e. The molecule has 2 N–H and O–H groups in total. The summed E-state index contributed by atoms with van der Waals surface area (Å²) in [7, 11) is 3.33. The largest absolute Gasteiger partial charge is 0.418 e. The molecule has 1 heterocycles. The molecule has 2 aromatic carbocycles. The molecule has 0 saturated carbocycles. The lowest BCUT2D eigenvalue weighted by Gasteiger charge is -2.32. The maximum Gasteiger partial charge on any atom is 0.418 e. The number of anilines is 2. The number of benzene rings is 2. The lowest BCUT2D eigenvalue weighted by Crippen LogP contribution is -2.45. The summed E-state index contributed by atoms with van der Waals surface area (Å²) in [6, 6.07) is 13.4. The van der Waals surface area contributed by atoms with Gasteiger partial charge in [0.1, 0.15) is 0 Å². The van der Waals surface area contributed by atoms with Crippen LogP contribution < -0.4 is 15.5 Å². The van der Waals surface area contributed by atoms with Crippen molar-refractivity contribution < 1.29 is 18.0 Å². The first-order valence-corrected chi connectivity index (χ1v) is 9.95. The van der Waals surface area contributed by atoms with Crippen molar-refractivity contribution in [3.63, 3.8) is 0 Å². The van der Waals surface area contributed by atoms with Crippen LogP contribution in [0.5, 0.6) is 0 Å². The van der Waals surface area contributed by atoms with Crippen molar-refractivity contribution in [3.05, 3.63) is 59.7 Å². The molecule has 0 aliphatic carbocycles. The second-order valence-electron chi connectivity index (χ2n) is 7.76. The second kappa shape index (κ2) is 9.38. The van der Waals surface area contributed by atoms with Crippen molar-refractivity contribution >= 4 is 17.4 Å². The maximum atomic E-state index is 13.4. The number of carbonyl (C=O) groups excluding carboxylic acids is 1. The van der Waals surface area contributed by atoms with E-state index in [2.05, 4.69) is 27.7 Å². The topological polar surface area (TPSA) is 47.6 Å². The number of hydrogen-bond donors (Lipinski definition) is 2. The number of rotatable bonds is 5. The van der Waals surface area contributed by atoms with Gasteiger partial charge >= 0.3 is 12.2 Å². The number of halogens is 3. The first-order valence-electron chi connectivity index (χ1n) is 9.95. The van der Waals surface area contributed by atoms with Crippen LogP contribution in [0.15, 0.2) is 48.5 Å². The van der Waals surface area contributed by atoms with Gasteiger partial charge in [0.2, 0.25) is 0 Å². The summed E-state index contributed by atoms with van der Waals surface area (Å²) in [5.74, 6) is 0. The molecule has 162 valence electrons. The lowest BCUT2D eigenvalue weighted by molar-refractivity contribution is -0.136. The first-order chi connectivity index (χ1) is 14.2. The molecule has 0 aromatic heterocycles. The van der Waals surface area contributed by atoms with Gasteiger partial charge in [0.25, 0.3) is 0 Å². The van der Waals surface area contributed by atoms with Gasteiger partial charge in [-0.05, 0) is 36.6 Å². The number of carbonyl (C=O) groups is 1. The molecule has 0 unspecified atom stereocenters. The number of hydrogen-bond acceptors (Lipinski definition) is 3. The van der Waals surface area contributed by atoms with E-state index in [0.29, 0.717) is 5.69 Å². The Labute approximate surface area is 174 Å². The average Bonchev–Trinajstić information content (AvgIpc) is 2.69. The molecule has 5 nitrogen and oxygen atoms in total. The Hall–Kier alpha value is -2.74. The van der Waals surface area contributed by atoms with Gasteiger partial charge in [-0.3, -0.25) is 4.90 Å². The summed E-state index contributed by atoms with van der Waals surface area (Å²) in [6.45, 7) is 2.50. The Morgan fingerprint density at radius 1 is 1.10 bits per heavy atom. The summed E-state index contributed by atoms with van der Waals surface area (Å²) in [4.78, 5) is 16.2. The molecule has 8 heteroatoms. The molecule has 1 fully saturated rings. The van der Waals surface area contributed by atoms with Crippen LogP contribution in [-0.4, -0.2) is 44.2 Å². The Kier molecular flexibility index (Phi) is 6.87. The standard InChI is InChI=1S/C22H27F3N4O/c1-28(2)18-8-9-20(19(14-18)22(23,24)25)27-21(30)26-17-10-12-29(13-11-17)15-16-6-4-3-5-7-16/h3-9,14,17H,10-13,15H2,1-2H3,(H2,26,27,30). The van der Waals surface area contributed by atoms with E-state index in [9.17, 15) is 18.0 Å². The molecular weight excluding hydrogens is 393 g/mol. The minimum absolute atomic E-state index is 0.0626.